The van der Waals surface area contributed by atoms with Crippen LogP contribution in [0.3, 0.4) is 0 Å². The Morgan fingerprint density at radius 2 is 1.74 bits per heavy atom. The van der Waals surface area contributed by atoms with Crippen molar-refractivity contribution >= 4 is 15.9 Å². The second kappa shape index (κ2) is 8.26. The highest BCUT2D eigenvalue weighted by Gasteiger charge is 2.17. The van der Waals surface area contributed by atoms with Crippen LogP contribution in [-0.4, -0.2) is 26.9 Å². The number of benzene rings is 1. The number of carbonyl (C=O) groups is 1. The second-order valence-electron chi connectivity index (χ2n) is 5.83. The molecular formula is C17H24N2O3S. The summed E-state index contributed by atoms with van der Waals surface area (Å²) in [5, 5.41) is 3.05. The third-order valence-electron chi connectivity index (χ3n) is 4.03. The van der Waals surface area contributed by atoms with Gasteiger partial charge in [0.15, 0.2) is 0 Å². The van der Waals surface area contributed by atoms with Crippen molar-refractivity contribution in [1.29, 1.82) is 0 Å². The molecular weight excluding hydrogens is 312 g/mol. The summed E-state index contributed by atoms with van der Waals surface area (Å²) in [6.45, 7) is 3.65. The van der Waals surface area contributed by atoms with Crippen molar-refractivity contribution < 1.29 is 13.2 Å². The zero-order valence-electron chi connectivity index (χ0n) is 13.3. The summed E-state index contributed by atoms with van der Waals surface area (Å²) in [5.74, 6) is -0.139. The molecule has 1 saturated carbocycles. The van der Waals surface area contributed by atoms with Gasteiger partial charge in [-0.1, -0.05) is 31.8 Å². The molecule has 0 heterocycles. The van der Waals surface area contributed by atoms with Gasteiger partial charge in [0, 0.05) is 18.2 Å². The van der Waals surface area contributed by atoms with E-state index >= 15 is 0 Å². The normalized spacial score (nSPS) is 16.5. The standard InChI is InChI=1S/C17H24N2O3S/c1-2-13-18-23(21,22)16-11-9-14(10-12-16)17(20)19-15-7-5-3-4-6-8-15/h2,9-12,15,18H,1,3-8,13H2,(H,19,20). The molecule has 1 aliphatic carbocycles. The number of nitrogens with one attached hydrogen (secondary N) is 2. The van der Waals surface area contributed by atoms with Gasteiger partial charge in [-0.25, -0.2) is 13.1 Å². The van der Waals surface area contributed by atoms with Gasteiger partial charge in [-0.15, -0.1) is 6.58 Å². The van der Waals surface area contributed by atoms with Gasteiger partial charge < -0.3 is 5.32 Å². The molecule has 0 aromatic heterocycles. The first-order valence-electron chi connectivity index (χ1n) is 8.04. The van der Waals surface area contributed by atoms with Crippen molar-refractivity contribution in [3.63, 3.8) is 0 Å². The lowest BCUT2D eigenvalue weighted by molar-refractivity contribution is 0.0933. The van der Waals surface area contributed by atoms with E-state index in [2.05, 4.69) is 16.6 Å². The highest BCUT2D eigenvalue weighted by Crippen LogP contribution is 2.18. The van der Waals surface area contributed by atoms with Crippen LogP contribution in [0.5, 0.6) is 0 Å². The van der Waals surface area contributed by atoms with Gasteiger partial charge >= 0.3 is 0 Å². The highest BCUT2D eigenvalue weighted by molar-refractivity contribution is 7.89. The molecule has 2 rings (SSSR count). The zero-order valence-corrected chi connectivity index (χ0v) is 14.1. The smallest absolute Gasteiger partial charge is 0.251 e. The maximum Gasteiger partial charge on any atom is 0.251 e. The van der Waals surface area contributed by atoms with E-state index in [1.807, 2.05) is 0 Å². The van der Waals surface area contributed by atoms with E-state index < -0.39 is 10.0 Å². The quantitative estimate of drug-likeness (QED) is 0.619. The van der Waals surface area contributed by atoms with E-state index in [-0.39, 0.29) is 23.4 Å². The highest BCUT2D eigenvalue weighted by atomic mass is 32.2. The van der Waals surface area contributed by atoms with Crippen molar-refractivity contribution in [2.75, 3.05) is 6.54 Å². The molecule has 0 radical (unpaired) electrons. The molecule has 6 heteroatoms. The monoisotopic (exact) mass is 336 g/mol. The van der Waals surface area contributed by atoms with Gasteiger partial charge in [0.05, 0.1) is 4.90 Å². The fraction of sp³-hybridized carbons (Fsp3) is 0.471. The zero-order chi connectivity index (χ0) is 16.7. The number of rotatable bonds is 6. The number of hydrogen-bond donors (Lipinski definition) is 2. The van der Waals surface area contributed by atoms with Crippen molar-refractivity contribution in [3.8, 4) is 0 Å². The number of sulfonamides is 1. The Morgan fingerprint density at radius 3 is 2.30 bits per heavy atom. The molecule has 1 amide bonds. The summed E-state index contributed by atoms with van der Waals surface area (Å²) in [6.07, 6.45) is 8.28. The Hall–Kier alpha value is -1.66. The SMILES string of the molecule is C=CCNS(=O)(=O)c1ccc(C(=O)NC2CCCCCC2)cc1. The topological polar surface area (TPSA) is 75.3 Å². The first-order chi connectivity index (χ1) is 11.0. The van der Waals surface area contributed by atoms with Crippen LogP contribution in [0.25, 0.3) is 0 Å². The molecule has 5 nitrogen and oxygen atoms in total. The van der Waals surface area contributed by atoms with Crippen LogP contribution in [0, 0.1) is 0 Å². The Labute approximate surface area is 138 Å². The minimum absolute atomic E-state index is 0.139. The molecule has 0 saturated heterocycles. The van der Waals surface area contributed by atoms with Crippen LogP contribution in [0.2, 0.25) is 0 Å². The second-order valence-corrected chi connectivity index (χ2v) is 7.59. The molecule has 0 atom stereocenters. The maximum atomic E-state index is 12.3. The molecule has 23 heavy (non-hydrogen) atoms. The molecule has 1 aliphatic rings. The van der Waals surface area contributed by atoms with Crippen LogP contribution in [0.4, 0.5) is 0 Å². The summed E-state index contributed by atoms with van der Waals surface area (Å²) in [4.78, 5) is 12.4. The first kappa shape index (κ1) is 17.7. The van der Waals surface area contributed by atoms with Gasteiger partial charge in [-0.2, -0.15) is 0 Å². The maximum absolute atomic E-state index is 12.3. The van der Waals surface area contributed by atoms with Crippen LogP contribution in [0.15, 0.2) is 41.8 Å². The Morgan fingerprint density at radius 1 is 1.13 bits per heavy atom. The lowest BCUT2D eigenvalue weighted by Crippen LogP contribution is -2.34. The van der Waals surface area contributed by atoms with Crippen molar-refractivity contribution in [3.05, 3.63) is 42.5 Å². The fourth-order valence-corrected chi connectivity index (χ4v) is 3.73. The molecule has 0 spiro atoms. The molecule has 1 aromatic rings. The fourth-order valence-electron chi connectivity index (χ4n) is 2.73. The van der Waals surface area contributed by atoms with Gasteiger partial charge in [0.2, 0.25) is 10.0 Å². The molecule has 0 unspecified atom stereocenters. The van der Waals surface area contributed by atoms with E-state index in [1.165, 1.54) is 31.1 Å². The minimum atomic E-state index is -3.55. The largest absolute Gasteiger partial charge is 0.349 e. The molecule has 1 fully saturated rings. The first-order valence-corrected chi connectivity index (χ1v) is 9.53. The van der Waals surface area contributed by atoms with Crippen molar-refractivity contribution in [1.82, 2.24) is 10.0 Å². The predicted molar refractivity (Wildman–Crippen MR) is 90.8 cm³/mol. The molecule has 1 aromatic carbocycles. The van der Waals surface area contributed by atoms with Crippen LogP contribution >= 0.6 is 0 Å². The van der Waals surface area contributed by atoms with Crippen LogP contribution < -0.4 is 10.0 Å². The molecule has 0 aliphatic heterocycles. The third kappa shape index (κ3) is 5.18. The molecule has 126 valence electrons. The average molecular weight is 336 g/mol. The predicted octanol–water partition coefficient (Wildman–Crippen LogP) is 2.60. The van der Waals surface area contributed by atoms with Gasteiger partial charge in [0.25, 0.3) is 5.91 Å². The van der Waals surface area contributed by atoms with Crippen LogP contribution in [-0.2, 0) is 10.0 Å². The van der Waals surface area contributed by atoms with Gasteiger partial charge in [0.1, 0.15) is 0 Å². The van der Waals surface area contributed by atoms with Gasteiger partial charge in [-0.3, -0.25) is 4.79 Å². The molecule has 0 bridgehead atoms. The molecule has 2 N–H and O–H groups in total. The Bertz CT molecular complexity index is 630. The van der Waals surface area contributed by atoms with E-state index in [9.17, 15) is 13.2 Å². The van der Waals surface area contributed by atoms with E-state index in [1.54, 1.807) is 12.1 Å². The number of amides is 1. The van der Waals surface area contributed by atoms with Crippen molar-refractivity contribution in [2.45, 2.75) is 49.5 Å². The Balaban J connectivity index is 2.00. The Kier molecular flexibility index (Phi) is 6.36. The lowest BCUT2D eigenvalue weighted by Gasteiger charge is -2.16. The van der Waals surface area contributed by atoms with Crippen LogP contribution in [0.1, 0.15) is 48.9 Å². The number of carbonyl (C=O) groups excluding carboxylic acids is 1. The van der Waals surface area contributed by atoms with E-state index in [4.69, 9.17) is 0 Å². The number of hydrogen-bond acceptors (Lipinski definition) is 3. The summed E-state index contributed by atoms with van der Waals surface area (Å²) in [5.41, 5.74) is 0.483. The van der Waals surface area contributed by atoms with E-state index in [0.29, 0.717) is 5.56 Å². The summed E-state index contributed by atoms with van der Waals surface area (Å²) >= 11 is 0. The van der Waals surface area contributed by atoms with Crippen molar-refractivity contribution in [2.24, 2.45) is 0 Å². The van der Waals surface area contributed by atoms with Gasteiger partial charge in [-0.05, 0) is 37.1 Å². The summed E-state index contributed by atoms with van der Waals surface area (Å²) in [7, 11) is -3.55. The third-order valence-corrected chi connectivity index (χ3v) is 5.47. The minimum Gasteiger partial charge on any atom is -0.349 e. The summed E-state index contributed by atoms with van der Waals surface area (Å²) in [6, 6.07) is 6.23. The van der Waals surface area contributed by atoms with E-state index in [0.717, 1.165) is 25.7 Å². The lowest BCUT2D eigenvalue weighted by atomic mass is 10.1. The summed E-state index contributed by atoms with van der Waals surface area (Å²) < 4.78 is 26.3. The average Bonchev–Trinajstić information content (AvgIpc) is 2.82.